The van der Waals surface area contributed by atoms with E-state index in [1.807, 2.05) is 34.9 Å². The van der Waals surface area contributed by atoms with Crippen molar-refractivity contribution in [2.45, 2.75) is 52.6 Å². The summed E-state index contributed by atoms with van der Waals surface area (Å²) in [5, 5.41) is 14.7. The van der Waals surface area contributed by atoms with E-state index in [1.165, 1.54) is 0 Å². The number of aromatic amines is 1. The van der Waals surface area contributed by atoms with Crippen LogP contribution in [-0.4, -0.2) is 34.7 Å². The first-order chi connectivity index (χ1) is 15.6. The number of aromatic nitrogens is 7. The van der Waals surface area contributed by atoms with Crippen LogP contribution in [0.1, 0.15) is 44.4 Å². The molecule has 0 aliphatic carbocycles. The van der Waals surface area contributed by atoms with Crippen LogP contribution in [-0.2, 0) is 19.5 Å². The summed E-state index contributed by atoms with van der Waals surface area (Å²) in [5.74, 6) is 0.566. The molecule has 166 valence electrons. The van der Waals surface area contributed by atoms with Crippen LogP contribution in [0.5, 0.6) is 0 Å². The van der Waals surface area contributed by atoms with Gasteiger partial charge in [-0.25, -0.2) is 9.89 Å². The van der Waals surface area contributed by atoms with E-state index in [-0.39, 0.29) is 5.69 Å². The van der Waals surface area contributed by atoms with Gasteiger partial charge in [-0.05, 0) is 46.0 Å². The fraction of sp³-hybridized carbons (Fsp3) is 0.348. The maximum Gasteiger partial charge on any atom is 0.329 e. The molecule has 0 fully saturated rings. The van der Waals surface area contributed by atoms with Gasteiger partial charge in [0, 0.05) is 24.5 Å². The molecular weight excluding hydrogens is 426 g/mol. The third kappa shape index (κ3) is 4.36. The lowest BCUT2D eigenvalue weighted by Crippen LogP contribution is -2.25. The molecule has 1 aromatic carbocycles. The van der Waals surface area contributed by atoms with Gasteiger partial charge in [0.2, 0.25) is 0 Å². The highest BCUT2D eigenvalue weighted by atomic mass is 35.5. The lowest BCUT2D eigenvalue weighted by Gasteiger charge is -2.10. The van der Waals surface area contributed by atoms with E-state index in [9.17, 15) is 4.79 Å². The molecule has 0 aliphatic rings. The molecule has 0 saturated carbocycles. The largest absolute Gasteiger partial charge is 0.329 e. The molecule has 0 saturated heterocycles. The van der Waals surface area contributed by atoms with E-state index < -0.39 is 0 Å². The quantitative estimate of drug-likeness (QED) is 0.408. The zero-order valence-electron chi connectivity index (χ0n) is 18.3. The Kier molecular flexibility index (Phi) is 6.80. The predicted octanol–water partition coefficient (Wildman–Crippen LogP) is 4.35. The Labute approximate surface area is 191 Å². The van der Waals surface area contributed by atoms with Crippen molar-refractivity contribution in [1.82, 2.24) is 34.7 Å². The maximum atomic E-state index is 13.1. The number of halogens is 1. The Balaban J connectivity index is 1.64. The van der Waals surface area contributed by atoms with Gasteiger partial charge in [0.05, 0.1) is 12.2 Å². The Bertz CT molecular complexity index is 1230. The smallest absolute Gasteiger partial charge is 0.290 e. The highest BCUT2D eigenvalue weighted by molar-refractivity contribution is 6.30. The molecule has 0 aliphatic heterocycles. The molecule has 0 bridgehead atoms. The number of tetrazole rings is 1. The van der Waals surface area contributed by atoms with E-state index in [0.29, 0.717) is 24.1 Å². The Morgan fingerprint density at radius 3 is 2.53 bits per heavy atom. The van der Waals surface area contributed by atoms with E-state index in [4.69, 9.17) is 11.6 Å². The van der Waals surface area contributed by atoms with E-state index >= 15 is 0 Å². The average Bonchev–Trinajstić information content (AvgIpc) is 3.43. The number of hydrogen-bond donors (Lipinski definition) is 1. The number of H-pyrrole nitrogens is 1. The summed E-state index contributed by atoms with van der Waals surface area (Å²) in [4.78, 5) is 17.3. The van der Waals surface area contributed by atoms with Crippen molar-refractivity contribution >= 4 is 11.6 Å². The first-order valence-corrected chi connectivity index (χ1v) is 11.3. The molecular formula is C23H26ClN7O. The summed E-state index contributed by atoms with van der Waals surface area (Å²) in [6.45, 7) is 5.35. The van der Waals surface area contributed by atoms with Gasteiger partial charge in [0.15, 0.2) is 5.82 Å². The zero-order valence-corrected chi connectivity index (χ0v) is 19.0. The molecule has 8 nitrogen and oxygen atoms in total. The van der Waals surface area contributed by atoms with Crippen LogP contribution in [0, 0.1) is 0 Å². The van der Waals surface area contributed by atoms with Gasteiger partial charge in [-0.2, -0.15) is 0 Å². The minimum atomic E-state index is -0.0368. The molecule has 9 heteroatoms. The number of nitrogens with zero attached hydrogens (tertiary/aromatic N) is 6. The van der Waals surface area contributed by atoms with Gasteiger partial charge >= 0.3 is 5.69 Å². The second-order valence-corrected chi connectivity index (χ2v) is 8.09. The summed E-state index contributed by atoms with van der Waals surface area (Å²) in [6, 6.07) is 10.1. The van der Waals surface area contributed by atoms with Gasteiger partial charge < -0.3 is 0 Å². The van der Waals surface area contributed by atoms with Gasteiger partial charge in [-0.3, -0.25) is 14.1 Å². The average molecular weight is 452 g/mol. The molecule has 3 heterocycles. The third-order valence-corrected chi connectivity index (χ3v) is 5.93. The standard InChI is InChI=1S/C23H26ClN7O/c1-3-5-13-30-21(24)20(6-4-2)31(23(30)32)15-16-7-9-17(10-8-16)18-11-12-25-14-19(18)22-26-28-29-27-22/h7-12,14H,3-6,13,15H2,1-2H3,(H,26,27,28,29). The molecule has 0 spiro atoms. The Morgan fingerprint density at radius 1 is 1.03 bits per heavy atom. The number of pyridine rings is 1. The molecule has 1 N–H and O–H groups in total. The lowest BCUT2D eigenvalue weighted by atomic mass is 10.00. The van der Waals surface area contributed by atoms with Crippen LogP contribution < -0.4 is 5.69 Å². The van der Waals surface area contributed by atoms with Crippen molar-refractivity contribution in [2.24, 2.45) is 0 Å². The Morgan fingerprint density at radius 2 is 1.84 bits per heavy atom. The predicted molar refractivity (Wildman–Crippen MR) is 125 cm³/mol. The molecule has 3 aromatic heterocycles. The van der Waals surface area contributed by atoms with Crippen LogP contribution >= 0.6 is 11.6 Å². The monoisotopic (exact) mass is 451 g/mol. The van der Waals surface area contributed by atoms with E-state index in [1.54, 1.807) is 17.0 Å². The molecule has 0 radical (unpaired) electrons. The Hall–Kier alpha value is -3.26. The summed E-state index contributed by atoms with van der Waals surface area (Å²) < 4.78 is 3.52. The summed E-state index contributed by atoms with van der Waals surface area (Å²) in [6.07, 6.45) is 7.13. The first-order valence-electron chi connectivity index (χ1n) is 10.9. The number of rotatable bonds is 9. The molecule has 32 heavy (non-hydrogen) atoms. The van der Waals surface area contributed by atoms with Crippen LogP contribution in [0.15, 0.2) is 47.5 Å². The van der Waals surface area contributed by atoms with Crippen LogP contribution in [0.25, 0.3) is 22.5 Å². The van der Waals surface area contributed by atoms with Crippen molar-refractivity contribution in [3.63, 3.8) is 0 Å². The highest BCUT2D eigenvalue weighted by Crippen LogP contribution is 2.29. The second-order valence-electron chi connectivity index (χ2n) is 7.73. The highest BCUT2D eigenvalue weighted by Gasteiger charge is 2.18. The number of hydrogen-bond acceptors (Lipinski definition) is 5. The van der Waals surface area contributed by atoms with Crippen LogP contribution in [0.4, 0.5) is 0 Å². The van der Waals surface area contributed by atoms with E-state index in [0.717, 1.165) is 53.6 Å². The minimum Gasteiger partial charge on any atom is -0.290 e. The number of unbranched alkanes of at least 4 members (excludes halogenated alkanes) is 1. The van der Waals surface area contributed by atoms with Crippen molar-refractivity contribution in [3.05, 3.63) is 69.6 Å². The van der Waals surface area contributed by atoms with Crippen LogP contribution in [0.2, 0.25) is 5.15 Å². The topological polar surface area (TPSA) is 94.3 Å². The minimum absolute atomic E-state index is 0.0368. The molecule has 0 atom stereocenters. The second kappa shape index (κ2) is 9.91. The van der Waals surface area contributed by atoms with Crippen molar-refractivity contribution in [2.75, 3.05) is 0 Å². The number of nitrogens with one attached hydrogen (secondary N) is 1. The summed E-state index contributed by atoms with van der Waals surface area (Å²) in [5.41, 5.74) is 4.73. The van der Waals surface area contributed by atoms with Gasteiger partial charge in [0.1, 0.15) is 5.15 Å². The van der Waals surface area contributed by atoms with Gasteiger partial charge in [-0.1, -0.05) is 62.6 Å². The fourth-order valence-corrected chi connectivity index (χ4v) is 4.19. The first kappa shape index (κ1) is 22.0. The van der Waals surface area contributed by atoms with Crippen LogP contribution in [0.3, 0.4) is 0 Å². The van der Waals surface area contributed by atoms with Gasteiger partial charge in [-0.15, -0.1) is 5.10 Å². The SMILES string of the molecule is CCCCn1c(Cl)c(CCC)n(Cc2ccc(-c3ccncc3-c3nnn[nH]3)cc2)c1=O. The maximum absolute atomic E-state index is 13.1. The zero-order chi connectivity index (χ0) is 22.5. The molecule has 0 unspecified atom stereocenters. The molecule has 4 aromatic rings. The summed E-state index contributed by atoms with van der Waals surface area (Å²) in [7, 11) is 0. The third-order valence-electron chi connectivity index (χ3n) is 5.51. The van der Waals surface area contributed by atoms with Crippen molar-refractivity contribution in [3.8, 4) is 22.5 Å². The van der Waals surface area contributed by atoms with E-state index in [2.05, 4.69) is 39.5 Å². The lowest BCUT2D eigenvalue weighted by molar-refractivity contribution is 0.592. The molecule has 0 amide bonds. The van der Waals surface area contributed by atoms with Crippen molar-refractivity contribution < 1.29 is 0 Å². The number of imidazole rings is 1. The fourth-order valence-electron chi connectivity index (χ4n) is 3.84. The number of benzene rings is 1. The summed E-state index contributed by atoms with van der Waals surface area (Å²) >= 11 is 6.60. The van der Waals surface area contributed by atoms with Gasteiger partial charge in [0.25, 0.3) is 0 Å². The normalized spacial score (nSPS) is 11.2. The van der Waals surface area contributed by atoms with Crippen molar-refractivity contribution in [1.29, 1.82) is 0 Å². The molecule has 4 rings (SSSR count).